The summed E-state index contributed by atoms with van der Waals surface area (Å²) in [5.41, 5.74) is 5.08. The number of rotatable bonds is 1. The summed E-state index contributed by atoms with van der Waals surface area (Å²) in [6.45, 7) is 0. The van der Waals surface area contributed by atoms with Crippen LogP contribution in [0.15, 0.2) is 24.3 Å². The van der Waals surface area contributed by atoms with E-state index in [0.717, 1.165) is 5.56 Å². The predicted octanol–water partition coefficient (Wildman–Crippen LogP) is 17.4. The van der Waals surface area contributed by atoms with Gasteiger partial charge < -0.3 is 9.47 Å². The monoisotopic (exact) mass is 896 g/mol. The van der Waals surface area contributed by atoms with E-state index in [1.165, 1.54) is 92.5 Å². The fraction of sp³-hybridized carbons (Fsp3) is 0.0714. The molecule has 5 aliphatic carbocycles. The number of benzene rings is 19. The van der Waals surface area contributed by atoms with Gasteiger partial charge in [0.15, 0.2) is 0 Å². The molecule has 2 bridgehead atoms. The summed E-state index contributed by atoms with van der Waals surface area (Å²) in [6, 6.07) is 9.05. The van der Waals surface area contributed by atoms with Crippen molar-refractivity contribution >= 4 is 297 Å². The van der Waals surface area contributed by atoms with Crippen molar-refractivity contribution in [3.63, 3.8) is 0 Å². The minimum absolute atomic E-state index is 0.225. The SMILES string of the molecule is COC(=O)[C@@]12O[C@@H](c3ccccc31)C13c4c5c6c7c8c9c(c%10c%11c1c1c4c4c%12c5c5c6c6c8c8c%13c9c9c%10c%10c%11c%11c1c1c4c4c%12c%12c5c5c6c8c6c8c%13c9c9c%10c%10c%11c1c1c4c4c%12c5c6c5c8c9c%10c1c45)C732. The lowest BCUT2D eigenvalue weighted by atomic mass is 9.40. The lowest BCUT2D eigenvalue weighted by molar-refractivity contribution is -0.170. The highest BCUT2D eigenvalue weighted by molar-refractivity contribution is 6.82. The van der Waals surface area contributed by atoms with Crippen molar-refractivity contribution in [2.24, 2.45) is 0 Å². The number of carbonyl (C=O) groups excluding carboxylic acids is 1. The molecule has 29 aromatic rings. The van der Waals surface area contributed by atoms with Crippen LogP contribution in [0.4, 0.5) is 0 Å². The molecule has 0 radical (unpaired) electrons. The van der Waals surface area contributed by atoms with Gasteiger partial charge in [0.05, 0.1) is 17.9 Å². The lowest BCUT2D eigenvalue weighted by Gasteiger charge is -2.57. The Morgan fingerprint density at radius 3 is 0.795 bits per heavy atom. The van der Waals surface area contributed by atoms with Gasteiger partial charge in [-0.2, -0.15) is 0 Å². The second-order valence-corrected chi connectivity index (χ2v) is 26.6. The number of esters is 1. The van der Waals surface area contributed by atoms with E-state index in [9.17, 15) is 0 Å². The normalized spacial score (nSPS) is 25.4. The van der Waals surface area contributed by atoms with Gasteiger partial charge in [0.2, 0.25) is 5.60 Å². The number of hydrogen-bond donors (Lipinski definition) is 0. The van der Waals surface area contributed by atoms with Crippen LogP contribution in [0.2, 0.25) is 0 Å². The number of methoxy groups -OCH3 is 1. The summed E-state index contributed by atoms with van der Waals surface area (Å²) < 4.78 is 14.8. The predicted molar refractivity (Wildman–Crippen MR) is 298 cm³/mol. The molecule has 0 N–H and O–H groups in total. The molecule has 0 unspecified atom stereocenters. The highest BCUT2D eigenvalue weighted by Gasteiger charge is 2.88. The maximum Gasteiger partial charge on any atom is 0.344 e. The van der Waals surface area contributed by atoms with Crippen LogP contribution in [0, 0.1) is 0 Å². The van der Waals surface area contributed by atoms with Crippen molar-refractivity contribution in [3.05, 3.63) is 57.6 Å². The van der Waals surface area contributed by atoms with Crippen LogP contribution in [0.25, 0.3) is 291 Å². The van der Waals surface area contributed by atoms with Crippen LogP contribution in [-0.4, -0.2) is 13.1 Å². The molecule has 0 aromatic heterocycles. The Hall–Kier alpha value is -8.89. The van der Waals surface area contributed by atoms with Gasteiger partial charge in [0.1, 0.15) is 6.10 Å². The smallest absolute Gasteiger partial charge is 0.344 e. The quantitative estimate of drug-likeness (QED) is 0.122. The molecule has 2 aliphatic heterocycles. The Balaban J connectivity index is 1.17. The van der Waals surface area contributed by atoms with E-state index >= 15 is 4.79 Å². The van der Waals surface area contributed by atoms with Gasteiger partial charge in [-0.3, -0.25) is 0 Å². The molecular weight excluding hydrogens is 889 g/mol. The first-order valence-corrected chi connectivity index (χ1v) is 26.9. The summed E-state index contributed by atoms with van der Waals surface area (Å²) in [4.78, 5) is 16.5. The summed E-state index contributed by atoms with van der Waals surface area (Å²) in [6.07, 6.45) is -0.390. The first kappa shape index (κ1) is 27.1. The highest BCUT2D eigenvalue weighted by atomic mass is 16.6. The zero-order valence-corrected chi connectivity index (χ0v) is 37.1. The molecule has 3 nitrogen and oxygen atoms in total. The Bertz CT molecular complexity index is 7460. The maximum absolute atomic E-state index is 16.5. The van der Waals surface area contributed by atoms with Crippen molar-refractivity contribution in [1.82, 2.24) is 0 Å². The molecule has 3 heteroatoms. The van der Waals surface area contributed by atoms with E-state index in [1.807, 2.05) is 0 Å². The van der Waals surface area contributed by atoms with Crippen molar-refractivity contribution < 1.29 is 14.3 Å². The second-order valence-electron chi connectivity index (χ2n) is 26.6. The third-order valence-corrected chi connectivity index (χ3v) is 26.7. The molecule has 2 heterocycles. The van der Waals surface area contributed by atoms with Crippen molar-refractivity contribution in [1.29, 1.82) is 0 Å². The van der Waals surface area contributed by atoms with Crippen LogP contribution >= 0.6 is 0 Å². The van der Waals surface area contributed by atoms with E-state index in [1.54, 1.807) is 233 Å². The van der Waals surface area contributed by atoms with Gasteiger partial charge in [-0.1, -0.05) is 24.3 Å². The molecular formula is C70H8O3. The Morgan fingerprint density at radius 2 is 0.548 bits per heavy atom. The molecule has 36 rings (SSSR count). The third kappa shape index (κ3) is 1.38. The summed E-state index contributed by atoms with van der Waals surface area (Å²) in [7, 11) is 1.66. The van der Waals surface area contributed by atoms with E-state index in [4.69, 9.17) is 9.47 Å². The van der Waals surface area contributed by atoms with Crippen LogP contribution in [0.5, 0.6) is 0 Å². The van der Waals surface area contributed by atoms with Crippen LogP contribution in [0.1, 0.15) is 39.5 Å². The van der Waals surface area contributed by atoms with Crippen molar-refractivity contribution in [2.75, 3.05) is 7.11 Å². The zero-order valence-electron chi connectivity index (χ0n) is 37.1. The fourth-order valence-electron chi connectivity index (χ4n) is 26.8. The largest absolute Gasteiger partial charge is 0.467 e. The van der Waals surface area contributed by atoms with Gasteiger partial charge in [-0.05, 0) is 319 Å². The zero-order chi connectivity index (χ0) is 43.5. The molecule has 1 fully saturated rings. The van der Waals surface area contributed by atoms with Crippen LogP contribution in [0.3, 0.4) is 0 Å². The maximum atomic E-state index is 16.5. The van der Waals surface area contributed by atoms with E-state index in [0.29, 0.717) is 0 Å². The molecule has 1 saturated heterocycles. The first-order chi connectivity index (χ1) is 36.3. The average molecular weight is 897 g/mol. The molecule has 2 spiro atoms. The minimum Gasteiger partial charge on any atom is -0.467 e. The highest BCUT2D eigenvalue weighted by Crippen LogP contribution is 2.91. The number of carbonyl (C=O) groups is 1. The molecule has 7 aliphatic rings. The molecule has 2 atom stereocenters. The minimum atomic E-state index is -1.42. The van der Waals surface area contributed by atoms with Crippen LogP contribution < -0.4 is 0 Å². The topological polar surface area (TPSA) is 35.5 Å². The van der Waals surface area contributed by atoms with E-state index < -0.39 is 22.5 Å². The van der Waals surface area contributed by atoms with Gasteiger partial charge in [0.25, 0.3) is 0 Å². The van der Waals surface area contributed by atoms with Gasteiger partial charge in [-0.15, -0.1) is 0 Å². The molecule has 29 aromatic carbocycles. The number of hydrogen-bond acceptors (Lipinski definition) is 3. The third-order valence-electron chi connectivity index (χ3n) is 26.7. The molecule has 306 valence electrons. The summed E-state index contributed by atoms with van der Waals surface area (Å²) >= 11 is 0. The molecule has 73 heavy (non-hydrogen) atoms. The lowest BCUT2D eigenvalue weighted by Crippen LogP contribution is -2.63. The van der Waals surface area contributed by atoms with E-state index in [2.05, 4.69) is 24.3 Å². The van der Waals surface area contributed by atoms with E-state index in [-0.39, 0.29) is 5.97 Å². The van der Waals surface area contributed by atoms with Crippen molar-refractivity contribution in [3.8, 4) is 0 Å². The Morgan fingerprint density at radius 1 is 0.329 bits per heavy atom. The fourth-order valence-corrected chi connectivity index (χ4v) is 26.8. The Labute approximate surface area is 396 Å². The standard InChI is InChI=1S/C70H8O3/c1-72-67(71)70-7-5-3-2-4-6(7)66(73-70)68-62-54-46-36-26-18-10-8-9-12-16-14(10)22-30-24(16)34-28-20(12)21-13(9)17-15-11(8)19(18)27-33-23(15)31-25(17)35-29(21)39-38(28)50-44(34)52-42(30)48(40(46)32(22)26)56(62)58(52)64-60(50)61-51(39)45(35)53-43(31)49-41(33)47(37(27)36)55(54)63(68)57(49)59(53)65(61)69(64,68)70/h2-5,66H,1H3/t66-,68?,69?,70-/m0/s1. The first-order valence-electron chi connectivity index (χ1n) is 26.9. The van der Waals surface area contributed by atoms with Gasteiger partial charge in [0, 0.05) is 5.56 Å². The summed E-state index contributed by atoms with van der Waals surface area (Å²) in [5, 5.41) is 84.2. The van der Waals surface area contributed by atoms with Gasteiger partial charge >= 0.3 is 5.97 Å². The van der Waals surface area contributed by atoms with Crippen molar-refractivity contribution in [2.45, 2.75) is 22.5 Å². The van der Waals surface area contributed by atoms with Gasteiger partial charge in [-0.25, -0.2) is 4.79 Å². The number of ether oxygens (including phenoxy) is 2. The van der Waals surface area contributed by atoms with Crippen LogP contribution in [-0.2, 0) is 30.7 Å². The molecule has 0 amide bonds. The summed E-state index contributed by atoms with van der Waals surface area (Å²) in [5.74, 6) is -0.225. The Kier molecular flexibility index (Phi) is 2.23. The second kappa shape index (κ2) is 6.02. The molecule has 0 saturated carbocycles. The average Bonchev–Trinajstić information content (AvgIpc) is 4.29.